The van der Waals surface area contributed by atoms with Crippen molar-refractivity contribution >= 4 is 21.8 Å². The molecule has 1 aromatic heterocycles. The summed E-state index contributed by atoms with van der Waals surface area (Å²) in [4.78, 5) is 0. The van der Waals surface area contributed by atoms with E-state index in [2.05, 4.69) is 164 Å². The van der Waals surface area contributed by atoms with Gasteiger partial charge in [0.25, 0.3) is 0 Å². The van der Waals surface area contributed by atoms with E-state index in [1.54, 1.807) is 0 Å². The number of nitriles is 2. The van der Waals surface area contributed by atoms with Crippen molar-refractivity contribution in [2.24, 2.45) is 0 Å². The van der Waals surface area contributed by atoms with Gasteiger partial charge in [-0.25, -0.2) is 0 Å². The molecule has 0 saturated heterocycles. The fraction of sp³-hybridized carbons (Fsp3) is 0.0741. The Morgan fingerprint density at radius 2 is 1.10 bits per heavy atom. The van der Waals surface area contributed by atoms with Gasteiger partial charge in [0.2, 0.25) is 0 Å². The van der Waals surface area contributed by atoms with Gasteiger partial charge < -0.3 is 9.30 Å². The maximum Gasteiger partial charge on any atom is 0.132 e. The fourth-order valence-electron chi connectivity index (χ4n) is 10.7. The minimum absolute atomic E-state index is 0.379. The fourth-order valence-corrected chi connectivity index (χ4v) is 10.7. The summed E-state index contributed by atoms with van der Waals surface area (Å²) in [6.07, 6.45) is 0. The predicted octanol–water partition coefficient (Wildman–Crippen LogP) is 13.0. The van der Waals surface area contributed by atoms with Gasteiger partial charge in [-0.3, -0.25) is 0 Å². The maximum atomic E-state index is 11.3. The molecule has 0 saturated carbocycles. The normalized spacial score (nSPS) is 14.4. The smallest absolute Gasteiger partial charge is 0.132 e. The molecule has 2 heterocycles. The third-order valence-corrected chi connectivity index (χ3v) is 13.1. The van der Waals surface area contributed by atoms with E-state index in [9.17, 15) is 10.5 Å². The molecule has 3 aliphatic rings. The van der Waals surface area contributed by atoms with Crippen LogP contribution in [-0.4, -0.2) is 4.57 Å². The molecular weight excluding hydrogens is 707 g/mol. The standard InChI is InChI=1S/C54H33N3O/c1-53(2)41-18-8-7-17-36(41)51-40(31-56)52(34(30-55)27-46(51)53)57-47-25-24-33(32-14-4-3-5-15-32)26-38(47)39-28-37-35-16-6-9-19-42(35)54(45(37)29-48(39)57)43-20-10-12-22-49(43)58-50-23-13-11-21-44(50)54/h3-29H,1-2H3. The van der Waals surface area contributed by atoms with Crippen LogP contribution in [-0.2, 0) is 10.8 Å². The van der Waals surface area contributed by atoms with Gasteiger partial charge in [-0.1, -0.05) is 135 Å². The van der Waals surface area contributed by atoms with Gasteiger partial charge in [0.1, 0.15) is 23.6 Å². The first-order chi connectivity index (χ1) is 28.4. The average Bonchev–Trinajstić information content (AvgIpc) is 3.83. The number of nitrogens with zero attached hydrogens (tertiary/aromatic N) is 3. The zero-order valence-corrected chi connectivity index (χ0v) is 31.8. The maximum absolute atomic E-state index is 11.3. The van der Waals surface area contributed by atoms with E-state index in [0.29, 0.717) is 16.8 Å². The van der Waals surface area contributed by atoms with E-state index in [1.807, 2.05) is 30.3 Å². The van der Waals surface area contributed by atoms with Gasteiger partial charge in [0.05, 0.1) is 33.3 Å². The van der Waals surface area contributed by atoms with Gasteiger partial charge in [0.15, 0.2) is 0 Å². The highest BCUT2D eigenvalue weighted by Crippen LogP contribution is 2.63. The molecule has 0 fully saturated rings. The van der Waals surface area contributed by atoms with Crippen LogP contribution in [0.3, 0.4) is 0 Å². The predicted molar refractivity (Wildman–Crippen MR) is 231 cm³/mol. The van der Waals surface area contributed by atoms with E-state index in [4.69, 9.17) is 4.74 Å². The molecule has 9 aromatic rings. The highest BCUT2D eigenvalue weighted by molar-refractivity contribution is 6.14. The Hall–Kier alpha value is -7.66. The summed E-state index contributed by atoms with van der Waals surface area (Å²) < 4.78 is 8.86. The Kier molecular flexibility index (Phi) is 6.43. The molecule has 0 unspecified atom stereocenters. The lowest BCUT2D eigenvalue weighted by atomic mass is 9.66. The molecule has 270 valence electrons. The minimum Gasteiger partial charge on any atom is -0.457 e. The van der Waals surface area contributed by atoms with E-state index in [-0.39, 0.29) is 5.41 Å². The SMILES string of the molecule is CC1(C)c2ccccc2-c2c1cc(C#N)c(-n1c3ccc(-c4ccccc4)cc3c3cc4c(cc31)C1(c3ccccc3Oc3ccccc31)c1ccccc1-4)c2C#N. The van der Waals surface area contributed by atoms with Crippen molar-refractivity contribution in [2.45, 2.75) is 24.7 Å². The third kappa shape index (κ3) is 3.96. The zero-order valence-electron chi connectivity index (χ0n) is 31.8. The van der Waals surface area contributed by atoms with Crippen molar-refractivity contribution < 1.29 is 4.74 Å². The highest BCUT2D eigenvalue weighted by Gasteiger charge is 2.51. The minimum atomic E-state index is -0.681. The molecule has 0 bridgehead atoms. The topological polar surface area (TPSA) is 61.7 Å². The lowest BCUT2D eigenvalue weighted by Gasteiger charge is -2.39. The summed E-state index contributed by atoms with van der Waals surface area (Å²) in [6.45, 7) is 4.38. The summed E-state index contributed by atoms with van der Waals surface area (Å²) >= 11 is 0. The average molecular weight is 740 g/mol. The third-order valence-electron chi connectivity index (χ3n) is 13.1. The van der Waals surface area contributed by atoms with Crippen molar-refractivity contribution in [1.29, 1.82) is 10.5 Å². The van der Waals surface area contributed by atoms with Crippen LogP contribution >= 0.6 is 0 Å². The summed E-state index contributed by atoms with van der Waals surface area (Å²) in [5.74, 6) is 1.66. The Balaban J connectivity index is 1.27. The van der Waals surface area contributed by atoms with Crippen LogP contribution in [0.2, 0.25) is 0 Å². The number of rotatable bonds is 2. The van der Waals surface area contributed by atoms with Crippen molar-refractivity contribution in [1.82, 2.24) is 4.57 Å². The van der Waals surface area contributed by atoms with Gasteiger partial charge in [-0.2, -0.15) is 10.5 Å². The largest absolute Gasteiger partial charge is 0.457 e. The molecule has 2 aliphatic carbocycles. The Bertz CT molecular complexity index is 3330. The molecular formula is C54H33N3O. The van der Waals surface area contributed by atoms with E-state index in [1.165, 1.54) is 11.1 Å². The molecule has 0 atom stereocenters. The molecule has 58 heavy (non-hydrogen) atoms. The number of para-hydroxylation sites is 2. The van der Waals surface area contributed by atoms with Gasteiger partial charge in [-0.15, -0.1) is 0 Å². The van der Waals surface area contributed by atoms with Crippen LogP contribution in [0.5, 0.6) is 11.5 Å². The van der Waals surface area contributed by atoms with Crippen LogP contribution in [0.4, 0.5) is 0 Å². The summed E-state index contributed by atoms with van der Waals surface area (Å²) in [5.41, 5.74) is 15.6. The van der Waals surface area contributed by atoms with Crippen molar-refractivity contribution in [2.75, 3.05) is 0 Å². The number of hydrogen-bond donors (Lipinski definition) is 0. The van der Waals surface area contributed by atoms with Gasteiger partial charge >= 0.3 is 0 Å². The van der Waals surface area contributed by atoms with Crippen molar-refractivity contribution in [3.05, 3.63) is 208 Å². The highest BCUT2D eigenvalue weighted by atomic mass is 16.5. The molecule has 12 rings (SSSR count). The number of aromatic nitrogens is 1. The van der Waals surface area contributed by atoms with E-state index in [0.717, 1.165) is 88.9 Å². The van der Waals surface area contributed by atoms with E-state index < -0.39 is 5.41 Å². The van der Waals surface area contributed by atoms with Crippen LogP contribution in [0.15, 0.2) is 164 Å². The molecule has 0 amide bonds. The number of fused-ring (bicyclic) bond motifs is 15. The van der Waals surface area contributed by atoms with Crippen LogP contribution in [0, 0.1) is 22.7 Å². The quantitative estimate of drug-likeness (QED) is 0.177. The number of ether oxygens (including phenoxy) is 1. The molecule has 0 radical (unpaired) electrons. The van der Waals surface area contributed by atoms with Gasteiger partial charge in [0, 0.05) is 32.9 Å². The molecule has 0 N–H and O–H groups in total. The Labute approximate surface area is 336 Å². The second kappa shape index (κ2) is 11.5. The molecule has 8 aromatic carbocycles. The first-order valence-corrected chi connectivity index (χ1v) is 19.7. The second-order valence-electron chi connectivity index (χ2n) is 16.2. The van der Waals surface area contributed by atoms with Crippen molar-refractivity contribution in [3.8, 4) is 62.7 Å². The second-order valence-corrected chi connectivity index (χ2v) is 16.2. The monoisotopic (exact) mass is 739 g/mol. The number of hydrogen-bond acceptors (Lipinski definition) is 3. The molecule has 4 heteroatoms. The summed E-state index contributed by atoms with van der Waals surface area (Å²) in [6, 6.07) is 63.0. The lowest BCUT2D eigenvalue weighted by Crippen LogP contribution is -2.32. The molecule has 1 aliphatic heterocycles. The van der Waals surface area contributed by atoms with Gasteiger partial charge in [-0.05, 0) is 92.5 Å². The number of benzene rings is 8. The molecule has 4 nitrogen and oxygen atoms in total. The van der Waals surface area contributed by atoms with Crippen LogP contribution < -0.4 is 4.74 Å². The Morgan fingerprint density at radius 3 is 1.81 bits per heavy atom. The van der Waals surface area contributed by atoms with E-state index >= 15 is 0 Å². The van der Waals surface area contributed by atoms with Crippen molar-refractivity contribution in [3.63, 3.8) is 0 Å². The first-order valence-electron chi connectivity index (χ1n) is 19.7. The first kappa shape index (κ1) is 32.6. The summed E-state index contributed by atoms with van der Waals surface area (Å²) in [5, 5.41) is 24.5. The lowest BCUT2D eigenvalue weighted by molar-refractivity contribution is 0.436. The summed E-state index contributed by atoms with van der Waals surface area (Å²) in [7, 11) is 0. The van der Waals surface area contributed by atoms with Crippen LogP contribution in [0.1, 0.15) is 58.4 Å². The Morgan fingerprint density at radius 1 is 0.483 bits per heavy atom. The van der Waals surface area contributed by atoms with Crippen LogP contribution in [0.25, 0.3) is 60.9 Å². The zero-order chi connectivity index (χ0) is 38.9. The molecule has 1 spiro atoms.